The van der Waals surface area contributed by atoms with Gasteiger partial charge in [0.1, 0.15) is 11.3 Å². The molecule has 8 nitrogen and oxygen atoms in total. The zero-order chi connectivity index (χ0) is 23.8. The van der Waals surface area contributed by atoms with Crippen molar-refractivity contribution in [3.63, 3.8) is 0 Å². The van der Waals surface area contributed by atoms with Crippen LogP contribution in [-0.4, -0.2) is 59.5 Å². The summed E-state index contributed by atoms with van der Waals surface area (Å²) in [4.78, 5) is 33.5. The van der Waals surface area contributed by atoms with Gasteiger partial charge in [0.25, 0.3) is 5.91 Å². The van der Waals surface area contributed by atoms with E-state index in [-0.39, 0.29) is 11.7 Å². The molecule has 1 aromatic heterocycles. The van der Waals surface area contributed by atoms with Gasteiger partial charge in [-0.25, -0.2) is 9.69 Å². The van der Waals surface area contributed by atoms with Crippen LogP contribution in [0.4, 0.5) is 23.7 Å². The maximum atomic E-state index is 13.6. The third-order valence-electron chi connectivity index (χ3n) is 5.71. The molecule has 2 unspecified atom stereocenters. The van der Waals surface area contributed by atoms with E-state index in [4.69, 9.17) is 4.74 Å². The molecule has 33 heavy (non-hydrogen) atoms. The van der Waals surface area contributed by atoms with Crippen LogP contribution in [0.3, 0.4) is 0 Å². The topological polar surface area (TPSA) is 84.0 Å². The fraction of sp³-hybridized carbons (Fsp3) is 0.409. The second-order valence-electron chi connectivity index (χ2n) is 8.25. The maximum absolute atomic E-state index is 13.6. The lowest BCUT2D eigenvalue weighted by Crippen LogP contribution is -2.55. The zero-order valence-electron chi connectivity index (χ0n) is 18.0. The number of imide groups is 1. The molecule has 4 rings (SSSR count). The number of pyridine rings is 1. The number of hydrogen-bond acceptors (Lipinski definition) is 6. The van der Waals surface area contributed by atoms with Crippen molar-refractivity contribution < 1.29 is 32.2 Å². The molecular weight excluding hydrogens is 441 g/mol. The molecule has 2 aliphatic heterocycles. The lowest BCUT2D eigenvalue weighted by Gasteiger charge is -2.41. The molecule has 0 saturated carbocycles. The Morgan fingerprint density at radius 1 is 1.15 bits per heavy atom. The van der Waals surface area contributed by atoms with E-state index >= 15 is 0 Å². The van der Waals surface area contributed by atoms with E-state index in [1.807, 2.05) is 0 Å². The summed E-state index contributed by atoms with van der Waals surface area (Å²) < 4.78 is 46.9. The molecule has 176 valence electrons. The highest BCUT2D eigenvalue weighted by atomic mass is 19.4. The number of hydrogen-bond donors (Lipinski definition) is 1. The van der Waals surface area contributed by atoms with Crippen LogP contribution in [0.25, 0.3) is 0 Å². The van der Waals surface area contributed by atoms with Crippen LogP contribution < -0.4 is 15.0 Å². The zero-order valence-corrected chi connectivity index (χ0v) is 18.0. The Balaban J connectivity index is 1.70. The highest BCUT2D eigenvalue weighted by Gasteiger charge is 2.56. The lowest BCUT2D eigenvalue weighted by atomic mass is 9.93. The molecule has 0 radical (unpaired) electrons. The molecule has 1 aromatic carbocycles. The number of alkyl halides is 3. The summed E-state index contributed by atoms with van der Waals surface area (Å²) in [5.74, 6) is -0.938. The minimum absolute atomic E-state index is 0.149. The number of anilines is 1. The van der Waals surface area contributed by atoms with Crippen LogP contribution in [0.1, 0.15) is 25.5 Å². The van der Waals surface area contributed by atoms with Gasteiger partial charge in [-0.15, -0.1) is 13.2 Å². The van der Waals surface area contributed by atoms with Crippen molar-refractivity contribution in [3.8, 4) is 5.75 Å². The summed E-state index contributed by atoms with van der Waals surface area (Å²) in [6.07, 6.45) is -1.62. The largest absolute Gasteiger partial charge is 0.573 e. The molecule has 11 heteroatoms. The first-order valence-corrected chi connectivity index (χ1v) is 10.3. The fourth-order valence-electron chi connectivity index (χ4n) is 4.21. The number of aromatic nitrogens is 1. The van der Waals surface area contributed by atoms with E-state index in [2.05, 4.69) is 15.0 Å². The van der Waals surface area contributed by atoms with E-state index in [1.165, 1.54) is 17.0 Å². The van der Waals surface area contributed by atoms with E-state index in [0.29, 0.717) is 19.8 Å². The third-order valence-corrected chi connectivity index (χ3v) is 5.71. The van der Waals surface area contributed by atoms with Gasteiger partial charge < -0.3 is 19.7 Å². The summed E-state index contributed by atoms with van der Waals surface area (Å²) in [5.41, 5.74) is -0.305. The van der Waals surface area contributed by atoms with Crippen LogP contribution >= 0.6 is 0 Å². The molecule has 1 N–H and O–H groups in total. The number of halogens is 3. The van der Waals surface area contributed by atoms with Crippen LogP contribution in [0.5, 0.6) is 5.75 Å². The average molecular weight is 464 g/mol. The Labute approximate surface area is 188 Å². The molecule has 2 fully saturated rings. The maximum Gasteiger partial charge on any atom is 0.573 e. The number of nitrogens with zero attached hydrogens (tertiary/aromatic N) is 3. The summed E-state index contributed by atoms with van der Waals surface area (Å²) in [5, 5.41) is 3.36. The van der Waals surface area contributed by atoms with Gasteiger partial charge in [0.2, 0.25) is 0 Å². The Hall–Kier alpha value is -3.18. The quantitative estimate of drug-likeness (QED) is 0.684. The van der Waals surface area contributed by atoms with Crippen LogP contribution in [0.2, 0.25) is 0 Å². The van der Waals surface area contributed by atoms with Gasteiger partial charge in [0.05, 0.1) is 31.0 Å². The first-order valence-electron chi connectivity index (χ1n) is 10.3. The SMILES string of the molecule is CC1(C)C(=O)N(c2ccc(OC(F)(F)F)cc2)C(=O)N1C(c1ccncc1)C1COCCN1. The summed E-state index contributed by atoms with van der Waals surface area (Å²) in [6, 6.07) is 6.79. The number of urea groups is 1. The first kappa shape index (κ1) is 23.0. The first-order chi connectivity index (χ1) is 15.6. The number of ether oxygens (including phenoxy) is 2. The van der Waals surface area contributed by atoms with Gasteiger partial charge in [-0.05, 0) is 55.8 Å². The Morgan fingerprint density at radius 3 is 2.39 bits per heavy atom. The molecule has 0 aliphatic carbocycles. The molecule has 2 aliphatic rings. The predicted molar refractivity (Wildman–Crippen MR) is 112 cm³/mol. The van der Waals surface area contributed by atoms with E-state index in [1.54, 1.807) is 38.4 Å². The normalized spacial score (nSPS) is 21.9. The summed E-state index contributed by atoms with van der Waals surface area (Å²) >= 11 is 0. The molecule has 3 amide bonds. The van der Waals surface area contributed by atoms with Gasteiger partial charge in [0.15, 0.2) is 0 Å². The second-order valence-corrected chi connectivity index (χ2v) is 8.25. The molecule has 2 saturated heterocycles. The number of rotatable bonds is 5. The van der Waals surface area contributed by atoms with Crippen molar-refractivity contribution in [2.75, 3.05) is 24.7 Å². The number of morpholine rings is 1. The number of nitrogens with one attached hydrogen (secondary N) is 1. The highest BCUT2D eigenvalue weighted by Crippen LogP contribution is 2.40. The van der Waals surface area contributed by atoms with Crippen molar-refractivity contribution in [2.24, 2.45) is 0 Å². The lowest BCUT2D eigenvalue weighted by molar-refractivity contribution is -0.274. The second kappa shape index (κ2) is 8.64. The third kappa shape index (κ3) is 4.51. The Morgan fingerprint density at radius 2 is 1.82 bits per heavy atom. The molecule has 2 aromatic rings. The van der Waals surface area contributed by atoms with Gasteiger partial charge >= 0.3 is 12.4 Å². The predicted octanol–water partition coefficient (Wildman–Crippen LogP) is 3.26. The smallest absolute Gasteiger partial charge is 0.406 e. The van der Waals surface area contributed by atoms with Gasteiger partial charge in [0, 0.05) is 18.9 Å². The van der Waals surface area contributed by atoms with Gasteiger partial charge in [-0.3, -0.25) is 9.78 Å². The minimum atomic E-state index is -4.84. The highest BCUT2D eigenvalue weighted by molar-refractivity contribution is 6.23. The summed E-state index contributed by atoms with van der Waals surface area (Å²) in [7, 11) is 0. The number of carbonyl (C=O) groups is 2. The van der Waals surface area contributed by atoms with Crippen LogP contribution in [-0.2, 0) is 9.53 Å². The van der Waals surface area contributed by atoms with Crippen LogP contribution in [0.15, 0.2) is 48.8 Å². The van der Waals surface area contributed by atoms with Crippen LogP contribution in [0, 0.1) is 0 Å². The molecular formula is C22H23F3N4O4. The van der Waals surface area contributed by atoms with Crippen molar-refractivity contribution in [1.82, 2.24) is 15.2 Å². The average Bonchev–Trinajstić information content (AvgIpc) is 2.95. The minimum Gasteiger partial charge on any atom is -0.406 e. The van der Waals surface area contributed by atoms with E-state index < -0.39 is 35.6 Å². The standard InChI is InChI=1S/C22H23F3N4O4/c1-21(2)19(30)28(15-3-5-16(6-4-15)33-22(23,24)25)20(31)29(21)18(14-7-9-26-10-8-14)17-13-32-12-11-27-17/h3-10,17-18,27H,11-13H2,1-2H3. The van der Waals surface area contributed by atoms with Gasteiger partial charge in [-0.2, -0.15) is 0 Å². The number of carbonyl (C=O) groups excluding carboxylic acids is 2. The molecule has 2 atom stereocenters. The number of benzene rings is 1. The van der Waals surface area contributed by atoms with E-state index in [0.717, 1.165) is 22.6 Å². The fourth-order valence-corrected chi connectivity index (χ4v) is 4.21. The molecule has 0 spiro atoms. The number of amides is 3. The van der Waals surface area contributed by atoms with Crippen molar-refractivity contribution >= 4 is 17.6 Å². The van der Waals surface area contributed by atoms with Crippen molar-refractivity contribution in [1.29, 1.82) is 0 Å². The monoisotopic (exact) mass is 464 g/mol. The van der Waals surface area contributed by atoms with Crippen molar-refractivity contribution in [2.45, 2.75) is 37.8 Å². The Bertz CT molecular complexity index is 1010. The summed E-state index contributed by atoms with van der Waals surface area (Å²) in [6.45, 7) is 4.75. The molecule has 0 bridgehead atoms. The van der Waals surface area contributed by atoms with Crippen molar-refractivity contribution in [3.05, 3.63) is 54.4 Å². The molecule has 3 heterocycles. The Kier molecular flexibility index (Phi) is 6.02. The van der Waals surface area contributed by atoms with E-state index in [9.17, 15) is 22.8 Å². The van der Waals surface area contributed by atoms with Gasteiger partial charge in [-0.1, -0.05) is 0 Å².